The number of nitrogens with two attached hydrogens (primary N) is 1. The van der Waals surface area contributed by atoms with E-state index in [9.17, 15) is 14.3 Å². The standard InChI is InChI=1S/C25H28FN9O3.ClH/c26-18-11-17(22(36)37)12-19(13-18)33-8-6-32(7-9-33)14-16-3-1-5-34(15-16)24-29-23(27)35-25(30-24)28-21(31-35)20-4-2-10-38-20;/h2,4,10-13,16H,1,3,5-9,14-15H2,(H,36,37)(H2,27,28,29,30,31);1H. The highest BCUT2D eigenvalue weighted by Crippen LogP contribution is 2.25. The van der Waals surface area contributed by atoms with Gasteiger partial charge in [0.05, 0.1) is 11.8 Å². The molecule has 1 atom stereocenters. The third-order valence-corrected chi connectivity index (χ3v) is 7.15. The first-order valence-corrected chi connectivity index (χ1v) is 12.6. The number of carboxylic acids is 1. The van der Waals surface area contributed by atoms with Crippen LogP contribution in [0.15, 0.2) is 41.0 Å². The number of piperazine rings is 1. The Balaban J connectivity index is 0.00000308. The Kier molecular flexibility index (Phi) is 7.53. The summed E-state index contributed by atoms with van der Waals surface area (Å²) >= 11 is 0. The summed E-state index contributed by atoms with van der Waals surface area (Å²) in [4.78, 5) is 31.5. The molecule has 14 heteroatoms. The van der Waals surface area contributed by atoms with E-state index in [0.29, 0.717) is 48.0 Å². The van der Waals surface area contributed by atoms with E-state index in [1.807, 2.05) is 4.90 Å². The molecule has 1 unspecified atom stereocenters. The number of halogens is 2. The number of aromatic carboxylic acids is 1. The molecule has 3 aromatic heterocycles. The molecule has 206 valence electrons. The number of benzene rings is 1. The Labute approximate surface area is 229 Å². The van der Waals surface area contributed by atoms with Crippen LogP contribution in [0.25, 0.3) is 17.4 Å². The minimum absolute atomic E-state index is 0. The molecule has 2 aliphatic heterocycles. The molecule has 0 bridgehead atoms. The topological polar surface area (TPSA) is 142 Å². The van der Waals surface area contributed by atoms with Crippen molar-refractivity contribution < 1.29 is 18.7 Å². The molecular formula is C25H29ClFN9O3. The van der Waals surface area contributed by atoms with Crippen molar-refractivity contribution in [1.29, 1.82) is 0 Å². The number of furan rings is 1. The molecule has 0 amide bonds. The molecular weight excluding hydrogens is 529 g/mol. The Bertz CT molecular complexity index is 1460. The summed E-state index contributed by atoms with van der Waals surface area (Å²) in [5.74, 6) is 0.851. The second-order valence-corrected chi connectivity index (χ2v) is 9.75. The summed E-state index contributed by atoms with van der Waals surface area (Å²) in [5, 5.41) is 13.6. The van der Waals surface area contributed by atoms with E-state index in [1.54, 1.807) is 18.4 Å². The number of nitrogens with zero attached hydrogens (tertiary/aromatic N) is 8. The van der Waals surface area contributed by atoms with Crippen molar-refractivity contribution in [1.82, 2.24) is 29.5 Å². The van der Waals surface area contributed by atoms with Gasteiger partial charge in [-0.2, -0.15) is 19.5 Å². The van der Waals surface area contributed by atoms with Crippen molar-refractivity contribution in [3.63, 3.8) is 0 Å². The molecule has 4 aromatic rings. The lowest BCUT2D eigenvalue weighted by atomic mass is 9.97. The van der Waals surface area contributed by atoms with Crippen LogP contribution in [-0.4, -0.2) is 86.4 Å². The van der Waals surface area contributed by atoms with Gasteiger partial charge in [-0.1, -0.05) is 0 Å². The number of nitrogen functional groups attached to an aromatic ring is 1. The van der Waals surface area contributed by atoms with E-state index in [0.717, 1.165) is 51.6 Å². The minimum Gasteiger partial charge on any atom is -0.478 e. The number of fused-ring (bicyclic) bond motifs is 1. The fourth-order valence-electron chi connectivity index (χ4n) is 5.28. The van der Waals surface area contributed by atoms with E-state index < -0.39 is 11.8 Å². The van der Waals surface area contributed by atoms with Gasteiger partial charge in [0.15, 0.2) is 5.76 Å². The van der Waals surface area contributed by atoms with Gasteiger partial charge in [0.1, 0.15) is 5.82 Å². The number of carbonyl (C=O) groups is 1. The van der Waals surface area contributed by atoms with E-state index >= 15 is 0 Å². The normalized spacial score (nSPS) is 18.3. The average Bonchev–Trinajstić information content (AvgIpc) is 3.59. The summed E-state index contributed by atoms with van der Waals surface area (Å²) < 4.78 is 20.8. The van der Waals surface area contributed by atoms with Gasteiger partial charge in [-0.05, 0) is 49.1 Å². The first kappa shape index (κ1) is 26.6. The lowest BCUT2D eigenvalue weighted by Gasteiger charge is -2.40. The number of aromatic nitrogens is 5. The predicted octanol–water partition coefficient (Wildman–Crippen LogP) is 2.66. The van der Waals surface area contributed by atoms with Crippen molar-refractivity contribution in [2.24, 2.45) is 5.92 Å². The van der Waals surface area contributed by atoms with Crippen LogP contribution in [0.5, 0.6) is 0 Å². The van der Waals surface area contributed by atoms with E-state index in [2.05, 4.69) is 29.9 Å². The van der Waals surface area contributed by atoms with Crippen LogP contribution in [0.4, 0.5) is 22.0 Å². The Morgan fingerprint density at radius 1 is 1.10 bits per heavy atom. The highest BCUT2D eigenvalue weighted by atomic mass is 35.5. The van der Waals surface area contributed by atoms with E-state index in [-0.39, 0.29) is 23.9 Å². The van der Waals surface area contributed by atoms with Crippen LogP contribution >= 0.6 is 12.4 Å². The number of hydrogen-bond donors (Lipinski definition) is 2. The highest BCUT2D eigenvalue weighted by Gasteiger charge is 2.27. The van der Waals surface area contributed by atoms with Crippen LogP contribution in [0.3, 0.4) is 0 Å². The van der Waals surface area contributed by atoms with Crippen molar-refractivity contribution in [3.05, 3.63) is 48.0 Å². The third-order valence-electron chi connectivity index (χ3n) is 7.15. The number of anilines is 3. The zero-order valence-electron chi connectivity index (χ0n) is 21.1. The van der Waals surface area contributed by atoms with Gasteiger partial charge < -0.3 is 25.1 Å². The minimum atomic E-state index is -1.13. The molecule has 5 heterocycles. The fourth-order valence-corrected chi connectivity index (χ4v) is 5.28. The second kappa shape index (κ2) is 11.0. The molecule has 2 aliphatic rings. The number of piperidine rings is 1. The molecule has 0 radical (unpaired) electrons. The van der Waals surface area contributed by atoms with Gasteiger partial charge in [0.25, 0.3) is 5.78 Å². The van der Waals surface area contributed by atoms with Gasteiger partial charge in [-0.3, -0.25) is 4.90 Å². The monoisotopic (exact) mass is 557 g/mol. The van der Waals surface area contributed by atoms with E-state index in [4.69, 9.17) is 10.2 Å². The second-order valence-electron chi connectivity index (χ2n) is 9.75. The smallest absolute Gasteiger partial charge is 0.335 e. The average molecular weight is 558 g/mol. The maximum Gasteiger partial charge on any atom is 0.335 e. The predicted molar refractivity (Wildman–Crippen MR) is 145 cm³/mol. The Hall–Kier alpha value is -3.97. The fraction of sp³-hybridized carbons (Fsp3) is 0.400. The van der Waals surface area contributed by atoms with Gasteiger partial charge in [0.2, 0.25) is 17.7 Å². The molecule has 39 heavy (non-hydrogen) atoms. The lowest BCUT2D eigenvalue weighted by Crippen LogP contribution is -2.50. The van der Waals surface area contributed by atoms with Crippen LogP contribution < -0.4 is 15.5 Å². The van der Waals surface area contributed by atoms with Crippen molar-refractivity contribution in [2.75, 3.05) is 61.3 Å². The summed E-state index contributed by atoms with van der Waals surface area (Å²) in [6.07, 6.45) is 3.68. The zero-order valence-corrected chi connectivity index (χ0v) is 21.9. The lowest BCUT2D eigenvalue weighted by molar-refractivity contribution is 0.0696. The van der Waals surface area contributed by atoms with Gasteiger partial charge in [-0.15, -0.1) is 17.5 Å². The molecule has 12 nitrogen and oxygen atoms in total. The Morgan fingerprint density at radius 3 is 2.67 bits per heavy atom. The molecule has 0 spiro atoms. The number of hydrogen-bond acceptors (Lipinski definition) is 10. The molecule has 6 rings (SSSR count). The van der Waals surface area contributed by atoms with Crippen LogP contribution in [0.2, 0.25) is 0 Å². The molecule has 1 aromatic carbocycles. The Morgan fingerprint density at radius 2 is 1.92 bits per heavy atom. The van der Waals surface area contributed by atoms with Crippen LogP contribution in [-0.2, 0) is 0 Å². The van der Waals surface area contributed by atoms with Gasteiger partial charge >= 0.3 is 5.97 Å². The largest absolute Gasteiger partial charge is 0.478 e. The SMILES string of the molecule is Cl.Nc1nc(N2CCCC(CN3CCN(c4cc(F)cc(C(=O)O)c4)CC3)C2)nc2nc(-c3ccco3)nn12. The maximum atomic E-state index is 13.9. The first-order chi connectivity index (χ1) is 18.4. The molecule has 0 saturated carbocycles. The van der Waals surface area contributed by atoms with Crippen molar-refractivity contribution >= 4 is 41.7 Å². The number of carboxylic acid groups (broad SMARTS) is 1. The molecule has 2 saturated heterocycles. The van der Waals surface area contributed by atoms with Crippen LogP contribution in [0.1, 0.15) is 23.2 Å². The number of rotatable bonds is 6. The van der Waals surface area contributed by atoms with E-state index in [1.165, 1.54) is 16.6 Å². The maximum absolute atomic E-state index is 13.9. The van der Waals surface area contributed by atoms with Crippen LogP contribution in [0, 0.1) is 11.7 Å². The summed E-state index contributed by atoms with van der Waals surface area (Å²) in [7, 11) is 0. The molecule has 0 aliphatic carbocycles. The first-order valence-electron chi connectivity index (χ1n) is 12.6. The molecule has 3 N–H and O–H groups in total. The summed E-state index contributed by atoms with van der Waals surface area (Å²) in [6, 6.07) is 7.53. The highest BCUT2D eigenvalue weighted by molar-refractivity contribution is 5.89. The third kappa shape index (κ3) is 5.59. The van der Waals surface area contributed by atoms with Gasteiger partial charge in [0, 0.05) is 51.5 Å². The van der Waals surface area contributed by atoms with Crippen molar-refractivity contribution in [3.8, 4) is 11.6 Å². The zero-order chi connectivity index (χ0) is 26.2. The van der Waals surface area contributed by atoms with Crippen molar-refractivity contribution in [2.45, 2.75) is 12.8 Å². The quantitative estimate of drug-likeness (QED) is 0.361. The molecule has 2 fully saturated rings. The summed E-state index contributed by atoms with van der Waals surface area (Å²) in [5.41, 5.74) is 6.77. The summed E-state index contributed by atoms with van der Waals surface area (Å²) in [6.45, 7) is 5.63. The van der Waals surface area contributed by atoms with Gasteiger partial charge in [-0.25, -0.2) is 9.18 Å².